The smallest absolute Gasteiger partial charge is 0.261 e. The summed E-state index contributed by atoms with van der Waals surface area (Å²) in [4.78, 5) is 18.9. The van der Waals surface area contributed by atoms with Gasteiger partial charge in [0.15, 0.2) is 11.0 Å². The van der Waals surface area contributed by atoms with Crippen LogP contribution in [-0.2, 0) is 14.8 Å². The number of aryl methyl sites for hydroxylation is 2. The van der Waals surface area contributed by atoms with E-state index in [2.05, 4.69) is 20.8 Å². The molecule has 0 radical (unpaired) electrons. The first-order valence-corrected chi connectivity index (χ1v) is 11.1. The number of amidine groups is 1. The number of sulfonamides is 1. The zero-order chi connectivity index (χ0) is 19.9. The standard InChI is InChI=1S/C19H18N4O3S2/c1-12-5-6-14(13(2)10-12)16-11-27-19(20-16)21-18(24)15-4-3-7-23-8-9-28(25,26)22-17(15)23/h3-7,10-11H,8-9H2,1-2H3,(H,20,21,24). The Balaban J connectivity index is 1.58. The van der Waals surface area contributed by atoms with Crippen LogP contribution in [0.25, 0.3) is 11.3 Å². The van der Waals surface area contributed by atoms with Crippen LogP contribution in [0.15, 0.2) is 51.9 Å². The molecule has 1 aromatic heterocycles. The van der Waals surface area contributed by atoms with Gasteiger partial charge in [-0.1, -0.05) is 23.8 Å². The molecule has 2 aliphatic heterocycles. The van der Waals surface area contributed by atoms with E-state index in [1.165, 1.54) is 16.9 Å². The molecule has 0 saturated heterocycles. The molecule has 0 bridgehead atoms. The first kappa shape index (κ1) is 18.6. The molecule has 0 spiro atoms. The maximum atomic E-state index is 12.7. The number of carbonyl (C=O) groups is 1. The van der Waals surface area contributed by atoms with Crippen LogP contribution >= 0.6 is 11.3 Å². The van der Waals surface area contributed by atoms with Crippen LogP contribution in [0.2, 0.25) is 0 Å². The molecule has 3 heterocycles. The third-order valence-electron chi connectivity index (χ3n) is 4.48. The van der Waals surface area contributed by atoms with Crippen molar-refractivity contribution >= 4 is 38.2 Å². The molecule has 4 rings (SSSR count). The Labute approximate surface area is 167 Å². The number of amides is 1. The summed E-state index contributed by atoms with van der Waals surface area (Å²) >= 11 is 1.32. The summed E-state index contributed by atoms with van der Waals surface area (Å²) in [5, 5.41) is 5.09. The number of hydrogen-bond donors (Lipinski definition) is 1. The van der Waals surface area contributed by atoms with Gasteiger partial charge in [0, 0.05) is 23.7 Å². The summed E-state index contributed by atoms with van der Waals surface area (Å²) in [7, 11) is -3.55. The lowest BCUT2D eigenvalue weighted by molar-refractivity contribution is -0.112. The average Bonchev–Trinajstić information content (AvgIpc) is 3.08. The summed E-state index contributed by atoms with van der Waals surface area (Å²) in [5.41, 5.74) is 4.29. The van der Waals surface area contributed by atoms with Crippen molar-refractivity contribution in [1.29, 1.82) is 0 Å². The van der Waals surface area contributed by atoms with Crippen LogP contribution in [0.3, 0.4) is 0 Å². The highest BCUT2D eigenvalue weighted by Crippen LogP contribution is 2.28. The van der Waals surface area contributed by atoms with Crippen molar-refractivity contribution < 1.29 is 13.2 Å². The van der Waals surface area contributed by atoms with E-state index in [4.69, 9.17) is 0 Å². The summed E-state index contributed by atoms with van der Waals surface area (Å²) in [5.74, 6) is -0.356. The first-order valence-electron chi connectivity index (χ1n) is 8.65. The summed E-state index contributed by atoms with van der Waals surface area (Å²) in [6.07, 6.45) is 4.98. The third-order valence-corrected chi connectivity index (χ3v) is 6.39. The Morgan fingerprint density at radius 1 is 1.29 bits per heavy atom. The predicted molar refractivity (Wildman–Crippen MR) is 111 cm³/mol. The average molecular weight is 415 g/mol. The predicted octanol–water partition coefficient (Wildman–Crippen LogP) is 2.86. The molecule has 9 heteroatoms. The fraction of sp³-hybridized carbons (Fsp3) is 0.211. The summed E-state index contributed by atoms with van der Waals surface area (Å²) in [6.45, 7) is 4.33. The summed E-state index contributed by atoms with van der Waals surface area (Å²) in [6, 6.07) is 6.12. The number of thiazole rings is 1. The maximum absolute atomic E-state index is 12.7. The molecule has 1 N–H and O–H groups in total. The number of hydrogen-bond acceptors (Lipinski definition) is 6. The fourth-order valence-electron chi connectivity index (χ4n) is 3.11. The van der Waals surface area contributed by atoms with Crippen molar-refractivity contribution in [1.82, 2.24) is 9.88 Å². The van der Waals surface area contributed by atoms with E-state index < -0.39 is 15.9 Å². The second-order valence-electron chi connectivity index (χ2n) is 6.63. The van der Waals surface area contributed by atoms with E-state index in [0.717, 1.165) is 16.8 Å². The highest BCUT2D eigenvalue weighted by molar-refractivity contribution is 7.90. The van der Waals surface area contributed by atoms with Gasteiger partial charge in [0.2, 0.25) is 0 Å². The van der Waals surface area contributed by atoms with Gasteiger partial charge in [0.25, 0.3) is 15.9 Å². The number of aromatic nitrogens is 1. The SMILES string of the molecule is Cc1ccc(-c2csc(NC(=O)C3=CC=CN4CCS(=O)(=O)N=C34)n2)c(C)c1. The molecule has 0 aliphatic carbocycles. The Kier molecular flexibility index (Phi) is 4.64. The highest BCUT2D eigenvalue weighted by atomic mass is 32.2. The van der Waals surface area contributed by atoms with E-state index in [-0.39, 0.29) is 23.7 Å². The van der Waals surface area contributed by atoms with Crippen molar-refractivity contribution in [2.45, 2.75) is 13.8 Å². The van der Waals surface area contributed by atoms with Crippen LogP contribution in [0, 0.1) is 13.8 Å². The minimum atomic E-state index is -3.55. The highest BCUT2D eigenvalue weighted by Gasteiger charge is 2.30. The lowest BCUT2D eigenvalue weighted by atomic mass is 10.0. The van der Waals surface area contributed by atoms with Gasteiger partial charge in [0.1, 0.15) is 0 Å². The molecule has 0 atom stereocenters. The molecule has 7 nitrogen and oxygen atoms in total. The first-order chi connectivity index (χ1) is 13.3. The molecule has 0 fully saturated rings. The van der Waals surface area contributed by atoms with Crippen molar-refractivity contribution in [3.63, 3.8) is 0 Å². The van der Waals surface area contributed by atoms with Crippen molar-refractivity contribution in [3.8, 4) is 11.3 Å². The van der Waals surface area contributed by atoms with E-state index in [9.17, 15) is 13.2 Å². The number of carbonyl (C=O) groups excluding carboxylic acids is 1. The topological polar surface area (TPSA) is 91.7 Å². The van der Waals surface area contributed by atoms with Gasteiger partial charge in [-0.3, -0.25) is 10.1 Å². The fourth-order valence-corrected chi connectivity index (χ4v) is 4.80. The van der Waals surface area contributed by atoms with Crippen LogP contribution < -0.4 is 5.32 Å². The minimum absolute atomic E-state index is 0.0680. The third kappa shape index (κ3) is 3.63. The van der Waals surface area contributed by atoms with Gasteiger partial charge in [-0.05, 0) is 31.6 Å². The lowest BCUT2D eigenvalue weighted by Crippen LogP contribution is -2.40. The molecule has 0 saturated carbocycles. The van der Waals surface area contributed by atoms with E-state index in [1.807, 2.05) is 31.4 Å². The van der Waals surface area contributed by atoms with Crippen molar-refractivity contribution in [3.05, 3.63) is 58.6 Å². The molecule has 2 aliphatic rings. The van der Waals surface area contributed by atoms with Gasteiger partial charge in [0.05, 0.1) is 17.0 Å². The van der Waals surface area contributed by atoms with Crippen LogP contribution in [-0.4, -0.2) is 42.3 Å². The van der Waals surface area contributed by atoms with Crippen molar-refractivity contribution in [2.24, 2.45) is 4.40 Å². The molecular weight excluding hydrogens is 396 g/mol. The maximum Gasteiger partial charge on any atom is 0.261 e. The van der Waals surface area contributed by atoms with Gasteiger partial charge < -0.3 is 4.90 Å². The Bertz CT molecular complexity index is 1160. The number of nitrogens with zero attached hydrogens (tertiary/aromatic N) is 3. The van der Waals surface area contributed by atoms with Gasteiger partial charge in [-0.15, -0.1) is 15.7 Å². The Morgan fingerprint density at radius 3 is 2.89 bits per heavy atom. The number of benzene rings is 1. The number of allylic oxidation sites excluding steroid dienone is 2. The second-order valence-corrected chi connectivity index (χ2v) is 9.24. The number of fused-ring (bicyclic) bond motifs is 1. The van der Waals surface area contributed by atoms with E-state index in [1.54, 1.807) is 23.3 Å². The molecule has 28 heavy (non-hydrogen) atoms. The summed E-state index contributed by atoms with van der Waals surface area (Å²) < 4.78 is 27.5. The molecule has 144 valence electrons. The minimum Gasteiger partial charge on any atom is -0.331 e. The van der Waals surface area contributed by atoms with Crippen molar-refractivity contribution in [2.75, 3.05) is 17.6 Å². The quantitative estimate of drug-likeness (QED) is 0.834. The van der Waals surface area contributed by atoms with Crippen LogP contribution in [0.5, 0.6) is 0 Å². The molecule has 1 amide bonds. The van der Waals surface area contributed by atoms with E-state index in [0.29, 0.717) is 5.13 Å². The van der Waals surface area contributed by atoms with Gasteiger partial charge >= 0.3 is 0 Å². The number of rotatable bonds is 3. The number of anilines is 1. The Morgan fingerprint density at radius 2 is 2.11 bits per heavy atom. The molecule has 1 aromatic carbocycles. The van der Waals surface area contributed by atoms with Crippen LogP contribution in [0.1, 0.15) is 11.1 Å². The Hall–Kier alpha value is -2.78. The lowest BCUT2D eigenvalue weighted by Gasteiger charge is -2.28. The zero-order valence-electron chi connectivity index (χ0n) is 15.3. The van der Waals surface area contributed by atoms with Gasteiger partial charge in [-0.25, -0.2) is 13.4 Å². The normalized spacial score (nSPS) is 17.6. The molecule has 0 unspecified atom stereocenters. The van der Waals surface area contributed by atoms with Gasteiger partial charge in [-0.2, -0.15) is 0 Å². The van der Waals surface area contributed by atoms with Crippen LogP contribution in [0.4, 0.5) is 5.13 Å². The largest absolute Gasteiger partial charge is 0.331 e. The second kappa shape index (κ2) is 6.99. The molecular formula is C19H18N4O3S2. The number of nitrogens with one attached hydrogen (secondary N) is 1. The zero-order valence-corrected chi connectivity index (χ0v) is 17.0. The molecule has 2 aromatic rings. The monoisotopic (exact) mass is 414 g/mol. The van der Waals surface area contributed by atoms with E-state index >= 15 is 0 Å².